The van der Waals surface area contributed by atoms with E-state index in [0.29, 0.717) is 13.2 Å². The fraction of sp³-hybridized carbons (Fsp3) is 0.300. The van der Waals surface area contributed by atoms with Crippen LogP contribution in [0.3, 0.4) is 0 Å². The molecule has 134 valence electrons. The van der Waals surface area contributed by atoms with Crippen LogP contribution in [0.25, 0.3) is 10.8 Å². The molecule has 0 aliphatic carbocycles. The van der Waals surface area contributed by atoms with Gasteiger partial charge in [0, 0.05) is 24.5 Å². The largest absolute Gasteiger partial charge is 0.491 e. The predicted octanol–water partition coefficient (Wildman–Crippen LogP) is 2.96. The first-order chi connectivity index (χ1) is 12.9. The summed E-state index contributed by atoms with van der Waals surface area (Å²) in [5.74, 6) is 2.64. The Hall–Kier alpha value is -2.86. The highest BCUT2D eigenvalue weighted by molar-refractivity contribution is 5.88. The van der Waals surface area contributed by atoms with Crippen LogP contribution in [0, 0.1) is 0 Å². The zero-order valence-corrected chi connectivity index (χ0v) is 14.6. The van der Waals surface area contributed by atoms with Crippen molar-refractivity contribution in [2.75, 3.05) is 49.7 Å². The van der Waals surface area contributed by atoms with E-state index >= 15 is 0 Å². The molecule has 0 radical (unpaired) electrons. The van der Waals surface area contributed by atoms with Crippen LogP contribution in [0.2, 0.25) is 0 Å². The molecule has 0 saturated carbocycles. The lowest BCUT2D eigenvalue weighted by Gasteiger charge is -2.27. The Morgan fingerprint density at radius 2 is 1.88 bits per heavy atom. The first kappa shape index (κ1) is 16.6. The maximum Gasteiger partial charge on any atom is 0.134 e. The number of hydrogen-bond donors (Lipinski definition) is 1. The minimum absolute atomic E-state index is 0.560. The van der Waals surface area contributed by atoms with E-state index in [1.165, 1.54) is 5.39 Å². The van der Waals surface area contributed by atoms with Crippen molar-refractivity contribution in [2.24, 2.45) is 0 Å². The van der Waals surface area contributed by atoms with Crippen molar-refractivity contribution < 1.29 is 9.47 Å². The summed E-state index contributed by atoms with van der Waals surface area (Å²) in [6, 6.07) is 16.3. The first-order valence-electron chi connectivity index (χ1n) is 8.89. The minimum atomic E-state index is 0.560. The molecule has 0 amide bonds. The van der Waals surface area contributed by atoms with E-state index in [0.717, 1.165) is 49.1 Å². The molecule has 1 aliphatic rings. The molecule has 6 heteroatoms. The Morgan fingerprint density at radius 1 is 1.04 bits per heavy atom. The Balaban J connectivity index is 1.33. The van der Waals surface area contributed by atoms with E-state index in [9.17, 15) is 0 Å². The van der Waals surface area contributed by atoms with E-state index in [2.05, 4.69) is 38.4 Å². The highest BCUT2D eigenvalue weighted by Crippen LogP contribution is 2.25. The molecule has 0 bridgehead atoms. The average molecular weight is 350 g/mol. The van der Waals surface area contributed by atoms with Crippen LogP contribution in [0.5, 0.6) is 5.75 Å². The average Bonchev–Trinajstić information content (AvgIpc) is 2.72. The van der Waals surface area contributed by atoms with Gasteiger partial charge < -0.3 is 19.7 Å². The van der Waals surface area contributed by atoms with Gasteiger partial charge in [0.2, 0.25) is 0 Å². The third kappa shape index (κ3) is 3.86. The van der Waals surface area contributed by atoms with E-state index in [4.69, 9.17) is 9.47 Å². The summed E-state index contributed by atoms with van der Waals surface area (Å²) in [4.78, 5) is 10.9. The molecule has 26 heavy (non-hydrogen) atoms. The lowest BCUT2D eigenvalue weighted by molar-refractivity contribution is 0.122. The Bertz CT molecular complexity index is 860. The zero-order chi connectivity index (χ0) is 17.6. The second-order valence-electron chi connectivity index (χ2n) is 6.11. The second kappa shape index (κ2) is 8.01. The number of hydrogen-bond acceptors (Lipinski definition) is 6. The lowest BCUT2D eigenvalue weighted by atomic mass is 10.1. The molecule has 1 fully saturated rings. The SMILES string of the molecule is c1ccc2c(OCCNc3cc(N4CCOCC4)ncn3)cccc2c1. The standard InChI is InChI=1S/C20H22N4O2/c1-2-6-17-16(4-1)5-3-7-18(17)26-11-8-21-19-14-20(23-15-22-19)24-9-12-25-13-10-24/h1-7,14-15H,8-13H2,(H,21,22,23). The lowest BCUT2D eigenvalue weighted by Crippen LogP contribution is -2.36. The van der Waals surface area contributed by atoms with Gasteiger partial charge in [-0.05, 0) is 11.5 Å². The summed E-state index contributed by atoms with van der Waals surface area (Å²) < 4.78 is 11.3. The quantitative estimate of drug-likeness (QED) is 0.690. The van der Waals surface area contributed by atoms with E-state index in [1.807, 2.05) is 30.3 Å². The fourth-order valence-corrected chi connectivity index (χ4v) is 3.07. The van der Waals surface area contributed by atoms with Crippen molar-refractivity contribution in [3.05, 3.63) is 54.9 Å². The van der Waals surface area contributed by atoms with Crippen molar-refractivity contribution in [1.29, 1.82) is 0 Å². The Labute approximate surface area is 152 Å². The number of aromatic nitrogens is 2. The predicted molar refractivity (Wildman–Crippen MR) is 103 cm³/mol. The minimum Gasteiger partial charge on any atom is -0.491 e. The number of anilines is 2. The number of rotatable bonds is 6. The molecule has 1 N–H and O–H groups in total. The molecule has 0 spiro atoms. The van der Waals surface area contributed by atoms with E-state index in [1.54, 1.807) is 6.33 Å². The topological polar surface area (TPSA) is 59.5 Å². The number of nitrogens with one attached hydrogen (secondary N) is 1. The molecule has 3 aromatic rings. The maximum atomic E-state index is 5.95. The molecular weight excluding hydrogens is 328 g/mol. The number of nitrogens with zero attached hydrogens (tertiary/aromatic N) is 3. The molecular formula is C20H22N4O2. The van der Waals surface area contributed by atoms with Crippen LogP contribution in [0.15, 0.2) is 54.9 Å². The monoisotopic (exact) mass is 350 g/mol. The molecule has 0 atom stereocenters. The van der Waals surface area contributed by atoms with Crippen LogP contribution >= 0.6 is 0 Å². The summed E-state index contributed by atoms with van der Waals surface area (Å²) in [6.07, 6.45) is 1.60. The molecule has 2 heterocycles. The van der Waals surface area contributed by atoms with Crippen LogP contribution in [0.4, 0.5) is 11.6 Å². The van der Waals surface area contributed by atoms with Gasteiger partial charge in [-0.3, -0.25) is 0 Å². The summed E-state index contributed by atoms with van der Waals surface area (Å²) >= 11 is 0. The van der Waals surface area contributed by atoms with Gasteiger partial charge in [0.25, 0.3) is 0 Å². The van der Waals surface area contributed by atoms with E-state index < -0.39 is 0 Å². The molecule has 2 aromatic carbocycles. The van der Waals surface area contributed by atoms with Gasteiger partial charge >= 0.3 is 0 Å². The smallest absolute Gasteiger partial charge is 0.134 e. The van der Waals surface area contributed by atoms with Crippen molar-refractivity contribution in [2.45, 2.75) is 0 Å². The van der Waals surface area contributed by atoms with E-state index in [-0.39, 0.29) is 0 Å². The van der Waals surface area contributed by atoms with Gasteiger partial charge in [-0.2, -0.15) is 0 Å². The highest BCUT2D eigenvalue weighted by Gasteiger charge is 2.12. The fourth-order valence-electron chi connectivity index (χ4n) is 3.07. The first-order valence-corrected chi connectivity index (χ1v) is 8.89. The van der Waals surface area contributed by atoms with Crippen LogP contribution < -0.4 is 15.0 Å². The van der Waals surface area contributed by atoms with Gasteiger partial charge in [0.15, 0.2) is 0 Å². The third-order valence-electron chi connectivity index (χ3n) is 4.40. The number of morpholine rings is 1. The normalized spacial score (nSPS) is 14.4. The molecule has 1 aromatic heterocycles. The summed E-state index contributed by atoms with van der Waals surface area (Å²) in [7, 11) is 0. The Morgan fingerprint density at radius 3 is 2.81 bits per heavy atom. The Kier molecular flexibility index (Phi) is 5.12. The number of benzene rings is 2. The highest BCUT2D eigenvalue weighted by atomic mass is 16.5. The van der Waals surface area contributed by atoms with Crippen molar-refractivity contribution >= 4 is 22.4 Å². The summed E-state index contributed by atoms with van der Waals surface area (Å²) in [5.41, 5.74) is 0. The second-order valence-corrected chi connectivity index (χ2v) is 6.11. The van der Waals surface area contributed by atoms with Gasteiger partial charge in [-0.15, -0.1) is 0 Å². The maximum absolute atomic E-state index is 5.95. The molecule has 6 nitrogen and oxygen atoms in total. The van der Waals surface area contributed by atoms with Crippen molar-refractivity contribution in [1.82, 2.24) is 9.97 Å². The van der Waals surface area contributed by atoms with Crippen LogP contribution in [0.1, 0.15) is 0 Å². The zero-order valence-electron chi connectivity index (χ0n) is 14.6. The van der Waals surface area contributed by atoms with Crippen LogP contribution in [-0.2, 0) is 4.74 Å². The number of fused-ring (bicyclic) bond motifs is 1. The van der Waals surface area contributed by atoms with Gasteiger partial charge in [0.1, 0.15) is 30.3 Å². The summed E-state index contributed by atoms with van der Waals surface area (Å²) in [5, 5.41) is 5.62. The van der Waals surface area contributed by atoms with Gasteiger partial charge in [-0.1, -0.05) is 36.4 Å². The molecule has 1 saturated heterocycles. The molecule has 1 aliphatic heterocycles. The molecule has 4 rings (SSSR count). The number of ether oxygens (including phenoxy) is 2. The van der Waals surface area contributed by atoms with Gasteiger partial charge in [0.05, 0.1) is 19.8 Å². The van der Waals surface area contributed by atoms with Crippen LogP contribution in [-0.4, -0.2) is 49.4 Å². The van der Waals surface area contributed by atoms with Gasteiger partial charge in [-0.25, -0.2) is 9.97 Å². The third-order valence-corrected chi connectivity index (χ3v) is 4.40. The van der Waals surface area contributed by atoms with Crippen molar-refractivity contribution in [3.63, 3.8) is 0 Å². The van der Waals surface area contributed by atoms with Crippen molar-refractivity contribution in [3.8, 4) is 5.75 Å². The molecule has 0 unspecified atom stereocenters. The summed E-state index contributed by atoms with van der Waals surface area (Å²) in [6.45, 7) is 4.44.